The van der Waals surface area contributed by atoms with E-state index in [9.17, 15) is 4.79 Å². The van der Waals surface area contributed by atoms with Crippen molar-refractivity contribution in [3.8, 4) is 5.75 Å². The minimum atomic E-state index is -0.0538. The Kier molecular flexibility index (Phi) is 2.91. The lowest BCUT2D eigenvalue weighted by Crippen LogP contribution is -2.20. The zero-order valence-corrected chi connectivity index (χ0v) is 7.41. The Morgan fingerprint density at radius 2 is 2.25 bits per heavy atom. The topological polar surface area (TPSA) is 31.2 Å². The first-order chi connectivity index (χ1) is 5.79. The van der Waals surface area contributed by atoms with Crippen molar-refractivity contribution in [2.45, 2.75) is 20.4 Å². The van der Waals surface area contributed by atoms with Crippen LogP contribution in [0.25, 0.3) is 0 Å². The number of rotatable bonds is 3. The molecule has 0 radical (unpaired) electrons. The summed E-state index contributed by atoms with van der Waals surface area (Å²) in [5.74, 6) is 0.432. The Bertz CT molecular complexity index is 304. The van der Waals surface area contributed by atoms with E-state index in [-0.39, 0.29) is 5.56 Å². The molecule has 1 heterocycles. The van der Waals surface area contributed by atoms with Crippen LogP contribution in [0.2, 0.25) is 0 Å². The van der Waals surface area contributed by atoms with E-state index >= 15 is 0 Å². The van der Waals surface area contributed by atoms with Crippen LogP contribution >= 0.6 is 0 Å². The summed E-state index contributed by atoms with van der Waals surface area (Å²) >= 11 is 0. The molecule has 0 unspecified atom stereocenters. The van der Waals surface area contributed by atoms with E-state index in [2.05, 4.69) is 0 Å². The predicted octanol–water partition coefficient (Wildman–Crippen LogP) is 1.27. The van der Waals surface area contributed by atoms with E-state index < -0.39 is 0 Å². The number of hydrogen-bond donors (Lipinski definition) is 0. The van der Waals surface area contributed by atoms with Crippen molar-refractivity contribution in [3.63, 3.8) is 0 Å². The second-order valence-corrected chi connectivity index (χ2v) is 2.40. The van der Waals surface area contributed by atoms with Gasteiger partial charge in [0.15, 0.2) is 5.75 Å². The van der Waals surface area contributed by atoms with Crippen LogP contribution in [0.3, 0.4) is 0 Å². The molecule has 0 spiro atoms. The number of pyridine rings is 1. The standard InChI is InChI=1S/C9H13NO2/c1-3-10-7-5-6-8(9(10)11)12-4-2/h5-7H,3-4H2,1-2H3. The highest BCUT2D eigenvalue weighted by molar-refractivity contribution is 5.17. The molecule has 1 rings (SSSR count). The number of hydrogen-bond acceptors (Lipinski definition) is 2. The van der Waals surface area contributed by atoms with Crippen molar-refractivity contribution in [2.75, 3.05) is 6.61 Å². The van der Waals surface area contributed by atoms with Gasteiger partial charge in [-0.3, -0.25) is 4.79 Å². The molecule has 1 aromatic rings. The molecule has 1 aromatic heterocycles. The second kappa shape index (κ2) is 3.95. The van der Waals surface area contributed by atoms with Gasteiger partial charge in [-0.05, 0) is 26.0 Å². The molecule has 0 aliphatic heterocycles. The third kappa shape index (κ3) is 1.67. The van der Waals surface area contributed by atoms with Gasteiger partial charge in [0.1, 0.15) is 0 Å². The highest BCUT2D eigenvalue weighted by Gasteiger charge is 2.00. The molecule has 3 heteroatoms. The molecule has 0 N–H and O–H groups in total. The van der Waals surface area contributed by atoms with E-state index in [4.69, 9.17) is 4.74 Å². The first kappa shape index (κ1) is 8.84. The van der Waals surface area contributed by atoms with Crippen LogP contribution in [0.5, 0.6) is 5.75 Å². The summed E-state index contributed by atoms with van der Waals surface area (Å²) in [6, 6.07) is 3.51. The summed E-state index contributed by atoms with van der Waals surface area (Å²) in [6.07, 6.45) is 1.75. The average Bonchev–Trinajstić information content (AvgIpc) is 2.09. The number of aryl methyl sites for hydroxylation is 1. The Morgan fingerprint density at radius 1 is 1.50 bits per heavy atom. The molecular formula is C9H13NO2. The average molecular weight is 167 g/mol. The van der Waals surface area contributed by atoms with Gasteiger partial charge in [0.2, 0.25) is 0 Å². The normalized spacial score (nSPS) is 9.83. The van der Waals surface area contributed by atoms with Crippen molar-refractivity contribution in [1.29, 1.82) is 0 Å². The van der Waals surface area contributed by atoms with Crippen LogP contribution in [0.4, 0.5) is 0 Å². The van der Waals surface area contributed by atoms with Crippen molar-refractivity contribution >= 4 is 0 Å². The van der Waals surface area contributed by atoms with E-state index in [0.717, 1.165) is 0 Å². The lowest BCUT2D eigenvalue weighted by molar-refractivity contribution is 0.332. The molecule has 0 saturated carbocycles. The third-order valence-electron chi connectivity index (χ3n) is 1.63. The largest absolute Gasteiger partial charge is 0.488 e. The summed E-state index contributed by atoms with van der Waals surface area (Å²) in [7, 11) is 0. The van der Waals surface area contributed by atoms with Gasteiger partial charge < -0.3 is 9.30 Å². The van der Waals surface area contributed by atoms with Crippen LogP contribution in [0, 0.1) is 0 Å². The highest BCUT2D eigenvalue weighted by Crippen LogP contribution is 2.00. The van der Waals surface area contributed by atoms with Crippen molar-refractivity contribution in [3.05, 3.63) is 28.7 Å². The van der Waals surface area contributed by atoms with Gasteiger partial charge in [0, 0.05) is 12.7 Å². The molecule has 0 aromatic carbocycles. The molecule has 0 aliphatic rings. The summed E-state index contributed by atoms with van der Waals surface area (Å²) in [4.78, 5) is 11.4. The van der Waals surface area contributed by atoms with Gasteiger partial charge in [-0.15, -0.1) is 0 Å². The fourth-order valence-electron chi connectivity index (χ4n) is 1.03. The molecule has 0 atom stereocenters. The van der Waals surface area contributed by atoms with Gasteiger partial charge in [0.05, 0.1) is 6.61 Å². The van der Waals surface area contributed by atoms with Crippen LogP contribution in [-0.2, 0) is 6.54 Å². The fraction of sp³-hybridized carbons (Fsp3) is 0.444. The zero-order valence-electron chi connectivity index (χ0n) is 7.41. The first-order valence-corrected chi connectivity index (χ1v) is 4.11. The summed E-state index contributed by atoms with van der Waals surface area (Å²) < 4.78 is 6.76. The minimum absolute atomic E-state index is 0.0538. The molecule has 66 valence electrons. The maximum absolute atomic E-state index is 11.4. The van der Waals surface area contributed by atoms with Crippen LogP contribution in [0.1, 0.15) is 13.8 Å². The van der Waals surface area contributed by atoms with E-state index in [1.54, 1.807) is 16.8 Å². The van der Waals surface area contributed by atoms with E-state index in [1.165, 1.54) is 0 Å². The van der Waals surface area contributed by atoms with Gasteiger partial charge in [-0.1, -0.05) is 0 Å². The van der Waals surface area contributed by atoms with E-state index in [1.807, 2.05) is 19.9 Å². The molecule has 0 amide bonds. The Balaban J connectivity index is 3.06. The maximum atomic E-state index is 11.4. The first-order valence-electron chi connectivity index (χ1n) is 4.11. The fourth-order valence-corrected chi connectivity index (χ4v) is 1.03. The second-order valence-electron chi connectivity index (χ2n) is 2.40. The Labute approximate surface area is 71.6 Å². The monoisotopic (exact) mass is 167 g/mol. The molecular weight excluding hydrogens is 154 g/mol. The highest BCUT2D eigenvalue weighted by atomic mass is 16.5. The van der Waals surface area contributed by atoms with Gasteiger partial charge in [-0.25, -0.2) is 0 Å². The van der Waals surface area contributed by atoms with Crippen molar-refractivity contribution in [1.82, 2.24) is 4.57 Å². The van der Waals surface area contributed by atoms with Gasteiger partial charge in [0.25, 0.3) is 5.56 Å². The van der Waals surface area contributed by atoms with Crippen LogP contribution < -0.4 is 10.3 Å². The zero-order chi connectivity index (χ0) is 8.97. The summed E-state index contributed by atoms with van der Waals surface area (Å²) in [5, 5.41) is 0. The number of aromatic nitrogens is 1. The minimum Gasteiger partial charge on any atom is -0.488 e. The molecule has 0 saturated heterocycles. The molecule has 0 aliphatic carbocycles. The van der Waals surface area contributed by atoms with Crippen LogP contribution in [0.15, 0.2) is 23.1 Å². The predicted molar refractivity (Wildman–Crippen MR) is 47.5 cm³/mol. The van der Waals surface area contributed by atoms with Gasteiger partial charge in [-0.2, -0.15) is 0 Å². The number of nitrogens with zero attached hydrogens (tertiary/aromatic N) is 1. The number of ether oxygens (including phenoxy) is 1. The van der Waals surface area contributed by atoms with Gasteiger partial charge >= 0.3 is 0 Å². The molecule has 12 heavy (non-hydrogen) atoms. The smallest absolute Gasteiger partial charge is 0.292 e. The van der Waals surface area contributed by atoms with Crippen molar-refractivity contribution < 1.29 is 4.74 Å². The summed E-state index contributed by atoms with van der Waals surface area (Å²) in [5.41, 5.74) is -0.0538. The third-order valence-corrected chi connectivity index (χ3v) is 1.63. The Morgan fingerprint density at radius 3 is 2.83 bits per heavy atom. The molecule has 0 fully saturated rings. The lowest BCUT2D eigenvalue weighted by Gasteiger charge is -2.04. The van der Waals surface area contributed by atoms with Crippen molar-refractivity contribution in [2.24, 2.45) is 0 Å². The quantitative estimate of drug-likeness (QED) is 0.678. The SMILES string of the molecule is CCOc1cccn(CC)c1=O. The Hall–Kier alpha value is -1.25. The summed E-state index contributed by atoms with van der Waals surface area (Å²) in [6.45, 7) is 5.00. The molecule has 3 nitrogen and oxygen atoms in total. The maximum Gasteiger partial charge on any atom is 0.292 e. The lowest BCUT2D eigenvalue weighted by atomic mass is 10.4. The van der Waals surface area contributed by atoms with Crippen LogP contribution in [-0.4, -0.2) is 11.2 Å². The molecule has 0 bridgehead atoms. The van der Waals surface area contributed by atoms with E-state index in [0.29, 0.717) is 18.9 Å².